The van der Waals surface area contributed by atoms with Crippen LogP contribution in [-0.2, 0) is 9.84 Å². The molecule has 0 aromatic heterocycles. The molecule has 112 valence electrons. The number of aliphatic hydroxyl groups is 1. The van der Waals surface area contributed by atoms with Crippen molar-refractivity contribution >= 4 is 15.5 Å². The Kier molecular flexibility index (Phi) is 3.67. The van der Waals surface area contributed by atoms with Gasteiger partial charge in [0.1, 0.15) is 10.7 Å². The molecule has 0 radical (unpaired) electrons. The molecule has 1 fully saturated rings. The van der Waals surface area contributed by atoms with Crippen molar-refractivity contribution in [3.63, 3.8) is 0 Å². The number of anilines is 1. The summed E-state index contributed by atoms with van der Waals surface area (Å²) >= 11 is 0. The molecule has 20 heavy (non-hydrogen) atoms. The van der Waals surface area contributed by atoms with Crippen LogP contribution in [0.4, 0.5) is 23.2 Å². The van der Waals surface area contributed by atoms with Gasteiger partial charge in [-0.1, -0.05) is 0 Å². The van der Waals surface area contributed by atoms with Crippen LogP contribution in [0, 0.1) is 5.82 Å². The Hall–Kier alpha value is -1.35. The highest BCUT2D eigenvalue weighted by atomic mass is 32.2. The first-order valence-electron chi connectivity index (χ1n) is 5.67. The van der Waals surface area contributed by atoms with Gasteiger partial charge in [0.2, 0.25) is 0 Å². The molecule has 0 bridgehead atoms. The van der Waals surface area contributed by atoms with Crippen LogP contribution in [-0.4, -0.2) is 38.2 Å². The standard InChI is InChI=1S/C11H11F4NO3S/c12-7-1-2-9(16-4-3-8(17)6-16)10(5-7)20(18,19)11(13,14)15/h1-2,5,8,17H,3-4,6H2/t8-/m1/s1. The first-order chi connectivity index (χ1) is 9.13. The van der Waals surface area contributed by atoms with Crippen molar-refractivity contribution in [1.82, 2.24) is 0 Å². The lowest BCUT2D eigenvalue weighted by atomic mass is 10.3. The second-order valence-corrected chi connectivity index (χ2v) is 6.36. The van der Waals surface area contributed by atoms with Crippen molar-refractivity contribution in [1.29, 1.82) is 0 Å². The zero-order chi connectivity index (χ0) is 15.1. The lowest BCUT2D eigenvalue weighted by molar-refractivity contribution is -0.0435. The summed E-state index contributed by atoms with van der Waals surface area (Å²) in [5.41, 5.74) is -5.76. The summed E-state index contributed by atoms with van der Waals surface area (Å²) < 4.78 is 73.9. The van der Waals surface area contributed by atoms with Gasteiger partial charge in [-0.3, -0.25) is 0 Å². The third-order valence-corrected chi connectivity index (χ3v) is 4.54. The number of aliphatic hydroxyl groups excluding tert-OH is 1. The predicted molar refractivity (Wildman–Crippen MR) is 62.5 cm³/mol. The smallest absolute Gasteiger partial charge is 0.391 e. The van der Waals surface area contributed by atoms with Crippen molar-refractivity contribution < 1.29 is 31.1 Å². The van der Waals surface area contributed by atoms with Crippen LogP contribution in [0.2, 0.25) is 0 Å². The highest BCUT2D eigenvalue weighted by molar-refractivity contribution is 7.92. The van der Waals surface area contributed by atoms with E-state index in [1.807, 2.05) is 0 Å². The summed E-state index contributed by atoms with van der Waals surface area (Å²) in [5, 5.41) is 9.38. The number of hydrogen-bond donors (Lipinski definition) is 1. The van der Waals surface area contributed by atoms with Gasteiger partial charge in [0.05, 0.1) is 11.8 Å². The molecule has 1 aliphatic heterocycles. The van der Waals surface area contributed by atoms with E-state index in [0.717, 1.165) is 12.1 Å². The van der Waals surface area contributed by atoms with Crippen LogP contribution in [0.5, 0.6) is 0 Å². The number of nitrogens with zero attached hydrogens (tertiary/aromatic N) is 1. The van der Waals surface area contributed by atoms with Gasteiger partial charge in [0, 0.05) is 13.1 Å². The summed E-state index contributed by atoms with van der Waals surface area (Å²) in [6.07, 6.45) is -0.440. The molecule has 0 saturated carbocycles. The van der Waals surface area contributed by atoms with Gasteiger partial charge in [0.25, 0.3) is 9.84 Å². The van der Waals surface area contributed by atoms with E-state index < -0.39 is 32.2 Å². The zero-order valence-electron chi connectivity index (χ0n) is 10.1. The molecule has 4 nitrogen and oxygen atoms in total. The quantitative estimate of drug-likeness (QED) is 0.844. The van der Waals surface area contributed by atoms with Crippen LogP contribution in [0.1, 0.15) is 6.42 Å². The molecule has 9 heteroatoms. The molecule has 1 aliphatic rings. The Morgan fingerprint density at radius 1 is 1.30 bits per heavy atom. The zero-order valence-corrected chi connectivity index (χ0v) is 10.9. The average molecular weight is 313 g/mol. The summed E-state index contributed by atoms with van der Waals surface area (Å²) in [7, 11) is -5.65. The van der Waals surface area contributed by atoms with Crippen LogP contribution in [0.3, 0.4) is 0 Å². The lowest BCUT2D eigenvalue weighted by Gasteiger charge is -2.22. The van der Waals surface area contributed by atoms with Gasteiger partial charge in [-0.2, -0.15) is 13.2 Å². The largest absolute Gasteiger partial charge is 0.501 e. The maximum Gasteiger partial charge on any atom is 0.501 e. The summed E-state index contributed by atoms with van der Waals surface area (Å²) in [4.78, 5) is 0.169. The highest BCUT2D eigenvalue weighted by Gasteiger charge is 2.48. The topological polar surface area (TPSA) is 57.6 Å². The van der Waals surface area contributed by atoms with Crippen molar-refractivity contribution in [2.75, 3.05) is 18.0 Å². The first kappa shape index (κ1) is 15.0. The summed E-state index contributed by atoms with van der Waals surface area (Å²) in [6, 6.07) is 2.21. The van der Waals surface area contributed by atoms with Crippen LogP contribution >= 0.6 is 0 Å². The van der Waals surface area contributed by atoms with E-state index in [1.54, 1.807) is 0 Å². The van der Waals surface area contributed by atoms with Gasteiger partial charge >= 0.3 is 5.51 Å². The molecular formula is C11H11F4NO3S. The van der Waals surface area contributed by atoms with Gasteiger partial charge in [-0.25, -0.2) is 12.8 Å². The van der Waals surface area contributed by atoms with E-state index >= 15 is 0 Å². The molecule has 1 N–H and O–H groups in total. The number of sulfone groups is 1. The number of alkyl halides is 3. The van der Waals surface area contributed by atoms with Crippen molar-refractivity contribution in [2.24, 2.45) is 0 Å². The van der Waals surface area contributed by atoms with Crippen molar-refractivity contribution in [3.8, 4) is 0 Å². The minimum Gasteiger partial charge on any atom is -0.391 e. The minimum absolute atomic E-state index is 0.00596. The van der Waals surface area contributed by atoms with Crippen molar-refractivity contribution in [3.05, 3.63) is 24.0 Å². The Labute approximate surface area is 112 Å². The second kappa shape index (κ2) is 4.88. The molecule has 1 atom stereocenters. The number of β-amino-alcohol motifs (C(OH)–C–C–N with tert-alkyl or cyclic N) is 1. The minimum atomic E-state index is -5.65. The van der Waals surface area contributed by atoms with Crippen LogP contribution < -0.4 is 4.90 Å². The Balaban J connectivity index is 2.55. The fourth-order valence-corrected chi connectivity index (χ4v) is 3.04. The van der Waals surface area contributed by atoms with Crippen LogP contribution in [0.15, 0.2) is 23.1 Å². The highest BCUT2D eigenvalue weighted by Crippen LogP contribution is 2.37. The van der Waals surface area contributed by atoms with Gasteiger partial charge in [0.15, 0.2) is 0 Å². The molecule has 2 rings (SSSR count). The molecule has 1 aromatic carbocycles. The van der Waals surface area contributed by atoms with E-state index in [4.69, 9.17) is 0 Å². The van der Waals surface area contributed by atoms with E-state index in [0.29, 0.717) is 12.5 Å². The molecule has 0 amide bonds. The lowest BCUT2D eigenvalue weighted by Crippen LogP contribution is -2.28. The molecule has 1 aromatic rings. The fraction of sp³-hybridized carbons (Fsp3) is 0.455. The predicted octanol–water partition coefficient (Wildman–Crippen LogP) is 1.69. The third kappa shape index (κ3) is 2.59. The Morgan fingerprint density at radius 3 is 2.45 bits per heavy atom. The van der Waals surface area contributed by atoms with E-state index in [1.165, 1.54) is 4.90 Å². The maximum atomic E-state index is 13.1. The fourth-order valence-electron chi connectivity index (χ4n) is 2.05. The van der Waals surface area contributed by atoms with Crippen LogP contribution in [0.25, 0.3) is 0 Å². The average Bonchev–Trinajstić information content (AvgIpc) is 2.74. The number of halogens is 4. The van der Waals surface area contributed by atoms with Crippen molar-refractivity contribution in [2.45, 2.75) is 22.9 Å². The molecule has 0 unspecified atom stereocenters. The van der Waals surface area contributed by atoms with E-state index in [2.05, 4.69) is 0 Å². The first-order valence-corrected chi connectivity index (χ1v) is 7.15. The monoisotopic (exact) mass is 313 g/mol. The Morgan fingerprint density at radius 2 is 1.95 bits per heavy atom. The summed E-state index contributed by atoms with van der Waals surface area (Å²) in [6.45, 7) is 0.208. The molecule has 0 spiro atoms. The normalized spacial score (nSPS) is 20.4. The molecule has 1 heterocycles. The van der Waals surface area contributed by atoms with Gasteiger partial charge < -0.3 is 10.0 Å². The molecular weight excluding hydrogens is 302 g/mol. The SMILES string of the molecule is O=S(=O)(c1cc(F)ccc1N1CC[C@@H](O)C1)C(F)(F)F. The maximum absolute atomic E-state index is 13.1. The number of benzene rings is 1. The van der Waals surface area contributed by atoms with E-state index in [-0.39, 0.29) is 18.8 Å². The summed E-state index contributed by atoms with van der Waals surface area (Å²) in [5.74, 6) is -1.07. The van der Waals surface area contributed by atoms with Gasteiger partial charge in [-0.15, -0.1) is 0 Å². The molecule has 1 saturated heterocycles. The molecule has 0 aliphatic carbocycles. The second-order valence-electron chi connectivity index (χ2n) is 4.45. The number of hydrogen-bond acceptors (Lipinski definition) is 4. The van der Waals surface area contributed by atoms with E-state index in [9.17, 15) is 31.1 Å². The van der Waals surface area contributed by atoms with Gasteiger partial charge in [-0.05, 0) is 24.6 Å². The third-order valence-electron chi connectivity index (χ3n) is 3.02. The Bertz CT molecular complexity index is 615. The number of rotatable bonds is 2.